The van der Waals surface area contributed by atoms with Crippen molar-refractivity contribution in [2.45, 2.75) is 20.3 Å². The van der Waals surface area contributed by atoms with Crippen LogP contribution in [-0.2, 0) is 0 Å². The van der Waals surface area contributed by atoms with Crippen LogP contribution in [0.1, 0.15) is 20.3 Å². The fourth-order valence-corrected chi connectivity index (χ4v) is 1.59. The summed E-state index contributed by atoms with van der Waals surface area (Å²) in [5.41, 5.74) is -0.0673. The molecule has 11 heavy (non-hydrogen) atoms. The maximum Gasteiger partial charge on any atom is 0.0519 e. The van der Waals surface area contributed by atoms with Gasteiger partial charge >= 0.3 is 0 Å². The third-order valence-corrected chi connectivity index (χ3v) is 2.78. The highest BCUT2D eigenvalue weighted by molar-refractivity contribution is 7.99. The van der Waals surface area contributed by atoms with Crippen LogP contribution in [0.2, 0.25) is 0 Å². The third kappa shape index (κ3) is 4.49. The van der Waals surface area contributed by atoms with E-state index in [9.17, 15) is 0 Å². The van der Waals surface area contributed by atoms with Gasteiger partial charge in [-0.1, -0.05) is 19.9 Å². The molecule has 0 spiro atoms. The van der Waals surface area contributed by atoms with E-state index in [4.69, 9.17) is 5.11 Å². The van der Waals surface area contributed by atoms with Gasteiger partial charge in [0.25, 0.3) is 0 Å². The van der Waals surface area contributed by atoms with Crippen molar-refractivity contribution in [1.29, 1.82) is 0 Å². The molecule has 1 nitrogen and oxygen atoms in total. The molecule has 0 bridgehead atoms. The standard InChI is InChI=1S/C9H18OS/c1-4-9(3,8-10)6-7-11-5-2/h4,10H,1,5-8H2,2-3H3. The molecule has 0 saturated carbocycles. The number of rotatable bonds is 6. The van der Waals surface area contributed by atoms with Crippen molar-refractivity contribution in [2.24, 2.45) is 5.41 Å². The molecule has 0 heterocycles. The van der Waals surface area contributed by atoms with Gasteiger partial charge in [0.15, 0.2) is 0 Å². The molecule has 0 aliphatic rings. The first-order valence-electron chi connectivity index (χ1n) is 4.00. The van der Waals surface area contributed by atoms with E-state index in [0.717, 1.165) is 17.9 Å². The number of hydrogen-bond acceptors (Lipinski definition) is 2. The van der Waals surface area contributed by atoms with Crippen molar-refractivity contribution in [3.8, 4) is 0 Å². The van der Waals surface area contributed by atoms with Crippen molar-refractivity contribution >= 4 is 11.8 Å². The predicted octanol–water partition coefficient (Wildman–Crippen LogP) is 2.31. The van der Waals surface area contributed by atoms with Crippen LogP contribution < -0.4 is 0 Å². The minimum absolute atomic E-state index is 0.0673. The molecule has 0 aliphatic heterocycles. The molecule has 0 radical (unpaired) electrons. The number of aliphatic hydroxyl groups is 1. The molecule has 0 aliphatic carbocycles. The lowest BCUT2D eigenvalue weighted by atomic mass is 9.89. The minimum Gasteiger partial charge on any atom is -0.395 e. The zero-order chi connectivity index (χ0) is 8.74. The van der Waals surface area contributed by atoms with Crippen LogP contribution in [0.5, 0.6) is 0 Å². The summed E-state index contributed by atoms with van der Waals surface area (Å²) < 4.78 is 0. The Morgan fingerprint density at radius 3 is 2.64 bits per heavy atom. The van der Waals surface area contributed by atoms with Gasteiger partial charge in [0.2, 0.25) is 0 Å². The normalized spacial score (nSPS) is 15.9. The Balaban J connectivity index is 3.60. The second-order valence-corrected chi connectivity index (χ2v) is 4.36. The van der Waals surface area contributed by atoms with Crippen LogP contribution in [0.4, 0.5) is 0 Å². The highest BCUT2D eigenvalue weighted by Crippen LogP contribution is 2.23. The number of aliphatic hydroxyl groups excluding tert-OH is 1. The Morgan fingerprint density at radius 2 is 2.27 bits per heavy atom. The van der Waals surface area contributed by atoms with Gasteiger partial charge in [-0.15, -0.1) is 6.58 Å². The van der Waals surface area contributed by atoms with Gasteiger partial charge in [0, 0.05) is 5.41 Å². The highest BCUT2D eigenvalue weighted by atomic mass is 32.2. The van der Waals surface area contributed by atoms with E-state index in [1.54, 1.807) is 0 Å². The lowest BCUT2D eigenvalue weighted by molar-refractivity contribution is 0.182. The third-order valence-electron chi connectivity index (χ3n) is 1.88. The van der Waals surface area contributed by atoms with Gasteiger partial charge < -0.3 is 5.11 Å². The Kier molecular flexibility index (Phi) is 5.69. The Morgan fingerprint density at radius 1 is 1.64 bits per heavy atom. The van der Waals surface area contributed by atoms with Gasteiger partial charge in [-0.25, -0.2) is 0 Å². The Labute approximate surface area is 73.9 Å². The predicted molar refractivity (Wildman–Crippen MR) is 53.0 cm³/mol. The first-order chi connectivity index (χ1) is 5.18. The van der Waals surface area contributed by atoms with E-state index in [1.807, 2.05) is 24.8 Å². The number of thioether (sulfide) groups is 1. The molecular weight excluding hydrogens is 156 g/mol. The SMILES string of the molecule is C=CC(C)(CO)CCSCC. The smallest absolute Gasteiger partial charge is 0.0519 e. The lowest BCUT2D eigenvalue weighted by Gasteiger charge is -2.21. The Bertz CT molecular complexity index is 114. The zero-order valence-corrected chi connectivity index (χ0v) is 8.28. The van der Waals surface area contributed by atoms with Gasteiger partial charge in [-0.2, -0.15) is 11.8 Å². The molecule has 0 aromatic heterocycles. The summed E-state index contributed by atoms with van der Waals surface area (Å²) in [6.45, 7) is 8.11. The topological polar surface area (TPSA) is 20.2 Å². The summed E-state index contributed by atoms with van der Waals surface area (Å²) in [4.78, 5) is 0. The summed E-state index contributed by atoms with van der Waals surface area (Å²) in [5.74, 6) is 2.26. The fourth-order valence-electron chi connectivity index (χ4n) is 0.695. The molecule has 0 amide bonds. The average molecular weight is 174 g/mol. The van der Waals surface area contributed by atoms with E-state index in [-0.39, 0.29) is 12.0 Å². The van der Waals surface area contributed by atoms with Crippen LogP contribution in [-0.4, -0.2) is 23.2 Å². The van der Waals surface area contributed by atoms with Gasteiger partial charge in [-0.3, -0.25) is 0 Å². The molecule has 1 unspecified atom stereocenters. The fraction of sp³-hybridized carbons (Fsp3) is 0.778. The summed E-state index contributed by atoms with van der Waals surface area (Å²) in [6.07, 6.45) is 2.87. The van der Waals surface area contributed by atoms with Crippen LogP contribution in [0.25, 0.3) is 0 Å². The van der Waals surface area contributed by atoms with Gasteiger partial charge in [0.1, 0.15) is 0 Å². The van der Waals surface area contributed by atoms with Crippen LogP contribution >= 0.6 is 11.8 Å². The zero-order valence-electron chi connectivity index (χ0n) is 7.47. The van der Waals surface area contributed by atoms with E-state index in [2.05, 4.69) is 13.5 Å². The average Bonchev–Trinajstić information content (AvgIpc) is 2.05. The Hall–Kier alpha value is 0.0500. The maximum atomic E-state index is 9.00. The quantitative estimate of drug-likeness (QED) is 0.492. The lowest BCUT2D eigenvalue weighted by Crippen LogP contribution is -2.18. The second-order valence-electron chi connectivity index (χ2n) is 2.96. The first kappa shape index (κ1) is 11.1. The van der Waals surface area contributed by atoms with E-state index in [1.165, 1.54) is 0 Å². The summed E-state index contributed by atoms with van der Waals surface area (Å²) >= 11 is 1.91. The molecule has 2 heteroatoms. The van der Waals surface area contributed by atoms with Crippen LogP contribution in [0, 0.1) is 5.41 Å². The monoisotopic (exact) mass is 174 g/mol. The van der Waals surface area contributed by atoms with Crippen molar-refractivity contribution in [3.63, 3.8) is 0 Å². The van der Waals surface area contributed by atoms with Crippen LogP contribution in [0.15, 0.2) is 12.7 Å². The largest absolute Gasteiger partial charge is 0.395 e. The van der Waals surface area contributed by atoms with E-state index >= 15 is 0 Å². The van der Waals surface area contributed by atoms with E-state index < -0.39 is 0 Å². The molecule has 66 valence electrons. The molecule has 0 fully saturated rings. The number of hydrogen-bond donors (Lipinski definition) is 1. The first-order valence-corrected chi connectivity index (χ1v) is 5.16. The van der Waals surface area contributed by atoms with Crippen LogP contribution in [0.3, 0.4) is 0 Å². The van der Waals surface area contributed by atoms with Crippen molar-refractivity contribution in [1.82, 2.24) is 0 Å². The summed E-state index contributed by atoms with van der Waals surface area (Å²) in [5, 5.41) is 9.00. The van der Waals surface area contributed by atoms with Crippen molar-refractivity contribution in [2.75, 3.05) is 18.1 Å². The molecule has 0 saturated heterocycles. The van der Waals surface area contributed by atoms with Crippen molar-refractivity contribution in [3.05, 3.63) is 12.7 Å². The van der Waals surface area contributed by atoms with E-state index in [0.29, 0.717) is 0 Å². The molecule has 0 rings (SSSR count). The van der Waals surface area contributed by atoms with Gasteiger partial charge in [-0.05, 0) is 17.9 Å². The minimum atomic E-state index is -0.0673. The molecule has 1 atom stereocenters. The highest BCUT2D eigenvalue weighted by Gasteiger charge is 2.17. The molecular formula is C9H18OS. The second kappa shape index (κ2) is 5.67. The molecule has 1 N–H and O–H groups in total. The van der Waals surface area contributed by atoms with Crippen molar-refractivity contribution < 1.29 is 5.11 Å². The van der Waals surface area contributed by atoms with Gasteiger partial charge in [0.05, 0.1) is 6.61 Å². The summed E-state index contributed by atoms with van der Waals surface area (Å²) in [7, 11) is 0. The molecule has 0 aromatic carbocycles. The molecule has 0 aromatic rings. The summed E-state index contributed by atoms with van der Waals surface area (Å²) in [6, 6.07) is 0. The maximum absolute atomic E-state index is 9.00.